The lowest BCUT2D eigenvalue weighted by atomic mass is 10.2. The van der Waals surface area contributed by atoms with E-state index < -0.39 is 22.3 Å². The Morgan fingerprint density at radius 2 is 1.94 bits per heavy atom. The van der Waals surface area contributed by atoms with Gasteiger partial charge in [0.1, 0.15) is 0 Å². The molecule has 0 unspecified atom stereocenters. The van der Waals surface area contributed by atoms with E-state index in [0.717, 1.165) is 42.7 Å². The van der Waals surface area contributed by atoms with E-state index in [2.05, 4.69) is 20.4 Å². The van der Waals surface area contributed by atoms with Crippen molar-refractivity contribution in [3.8, 4) is 5.69 Å². The van der Waals surface area contributed by atoms with Gasteiger partial charge in [0.2, 0.25) is 11.7 Å². The first-order valence-corrected chi connectivity index (χ1v) is 11.6. The molecule has 1 fully saturated rings. The van der Waals surface area contributed by atoms with Gasteiger partial charge < -0.3 is 10.1 Å². The lowest BCUT2D eigenvalue weighted by Crippen LogP contribution is -2.36. The number of ether oxygens (including phenoxy) is 1. The highest BCUT2D eigenvalue weighted by molar-refractivity contribution is 7.99. The van der Waals surface area contributed by atoms with Crippen molar-refractivity contribution < 1.29 is 18.8 Å². The number of carbonyl (C=O) groups is 1. The fourth-order valence-electron chi connectivity index (χ4n) is 3.36. The summed E-state index contributed by atoms with van der Waals surface area (Å²) in [6.45, 7) is 3.42. The molecule has 1 aliphatic rings. The first kappa shape index (κ1) is 24.1. The number of thioether (sulfide) groups is 1. The van der Waals surface area contributed by atoms with E-state index in [1.165, 1.54) is 6.07 Å². The Hall–Kier alpha value is -3.06. The number of nitrogens with zero attached hydrogens (tertiary/aromatic N) is 5. The molecular formula is C21H20ClFN6O4S. The molecule has 0 aliphatic carbocycles. The number of nitro benzene ring substituents is 1. The molecule has 4 rings (SSSR count). The topological polar surface area (TPSA) is 115 Å². The first-order chi connectivity index (χ1) is 16.4. The van der Waals surface area contributed by atoms with E-state index in [1.807, 2.05) is 16.7 Å². The molecule has 178 valence electrons. The van der Waals surface area contributed by atoms with Crippen molar-refractivity contribution in [2.75, 3.05) is 37.4 Å². The van der Waals surface area contributed by atoms with Crippen molar-refractivity contribution in [1.82, 2.24) is 19.7 Å². The molecule has 13 heteroatoms. The maximum absolute atomic E-state index is 13.5. The normalized spacial score (nSPS) is 14.2. The highest BCUT2D eigenvalue weighted by atomic mass is 35.5. The molecule has 1 aliphatic heterocycles. The van der Waals surface area contributed by atoms with E-state index in [1.54, 1.807) is 12.1 Å². The van der Waals surface area contributed by atoms with Crippen LogP contribution >= 0.6 is 23.4 Å². The fraction of sp³-hybridized carbons (Fsp3) is 0.286. The summed E-state index contributed by atoms with van der Waals surface area (Å²) >= 11 is 7.21. The highest BCUT2D eigenvalue weighted by Crippen LogP contribution is 2.25. The second-order valence-electron chi connectivity index (χ2n) is 7.36. The average molecular weight is 507 g/mol. The van der Waals surface area contributed by atoms with Crippen molar-refractivity contribution in [2.24, 2.45) is 0 Å². The Bertz CT molecular complexity index is 1190. The number of carbonyl (C=O) groups excluding carboxylic acids is 1. The van der Waals surface area contributed by atoms with Gasteiger partial charge in [-0.25, -0.2) is 0 Å². The number of hydrogen-bond acceptors (Lipinski definition) is 8. The number of hydrogen-bond donors (Lipinski definition) is 1. The second-order valence-corrected chi connectivity index (χ2v) is 8.74. The lowest BCUT2D eigenvalue weighted by molar-refractivity contribution is -0.387. The van der Waals surface area contributed by atoms with Crippen molar-refractivity contribution in [3.05, 3.63) is 69.2 Å². The van der Waals surface area contributed by atoms with Crippen LogP contribution in [0.25, 0.3) is 5.69 Å². The summed E-state index contributed by atoms with van der Waals surface area (Å²) in [5, 5.41) is 23.2. The van der Waals surface area contributed by atoms with Crippen LogP contribution in [0.1, 0.15) is 5.82 Å². The van der Waals surface area contributed by atoms with Crippen LogP contribution in [0.15, 0.2) is 47.6 Å². The summed E-state index contributed by atoms with van der Waals surface area (Å²) in [6, 6.07) is 10.4. The van der Waals surface area contributed by atoms with Gasteiger partial charge in [-0.3, -0.25) is 24.4 Å². The molecule has 10 nitrogen and oxygen atoms in total. The Morgan fingerprint density at radius 3 is 2.65 bits per heavy atom. The molecule has 1 saturated heterocycles. The molecule has 3 aromatic rings. The first-order valence-electron chi connectivity index (χ1n) is 10.3. The molecule has 0 bridgehead atoms. The third-order valence-corrected chi connectivity index (χ3v) is 6.19. The molecule has 0 radical (unpaired) electrons. The maximum Gasteiger partial charge on any atom is 0.306 e. The predicted octanol–water partition coefficient (Wildman–Crippen LogP) is 3.53. The van der Waals surface area contributed by atoms with Gasteiger partial charge in [-0.1, -0.05) is 23.4 Å². The van der Waals surface area contributed by atoms with Gasteiger partial charge >= 0.3 is 5.69 Å². The Kier molecular flexibility index (Phi) is 7.73. The van der Waals surface area contributed by atoms with Crippen molar-refractivity contribution in [1.29, 1.82) is 0 Å². The number of anilines is 1. The number of nitrogens with one attached hydrogen (secondary N) is 1. The zero-order valence-corrected chi connectivity index (χ0v) is 19.4. The number of amides is 1. The molecular weight excluding hydrogens is 487 g/mol. The van der Waals surface area contributed by atoms with Crippen LogP contribution in [0.3, 0.4) is 0 Å². The second kappa shape index (κ2) is 10.9. The molecule has 1 aromatic heterocycles. The quantitative estimate of drug-likeness (QED) is 0.280. The Balaban J connectivity index is 1.49. The summed E-state index contributed by atoms with van der Waals surface area (Å²) in [7, 11) is 0. The van der Waals surface area contributed by atoms with Gasteiger partial charge in [-0.05, 0) is 36.4 Å². The number of morpholine rings is 1. The zero-order chi connectivity index (χ0) is 24.1. The van der Waals surface area contributed by atoms with Gasteiger partial charge in [0.15, 0.2) is 11.0 Å². The average Bonchev–Trinajstić information content (AvgIpc) is 3.22. The highest BCUT2D eigenvalue weighted by Gasteiger charge is 2.20. The molecule has 34 heavy (non-hydrogen) atoms. The monoisotopic (exact) mass is 506 g/mol. The number of benzene rings is 2. The standard InChI is InChI=1S/C21H20ClFN6O4S/c22-14-1-4-16(5-2-14)28-19(12-27-7-9-33-10-8-27)25-26-21(28)34-13-20(30)24-15-3-6-17(23)18(11-15)29(31)32/h1-6,11H,7-10,12-13H2,(H,24,30). The minimum Gasteiger partial charge on any atom is -0.379 e. The molecule has 2 aromatic carbocycles. The van der Waals surface area contributed by atoms with Crippen LogP contribution < -0.4 is 5.32 Å². The molecule has 1 amide bonds. The van der Waals surface area contributed by atoms with E-state index in [9.17, 15) is 19.3 Å². The van der Waals surface area contributed by atoms with E-state index in [4.69, 9.17) is 16.3 Å². The van der Waals surface area contributed by atoms with Crippen molar-refractivity contribution in [3.63, 3.8) is 0 Å². The van der Waals surface area contributed by atoms with E-state index in [-0.39, 0.29) is 11.4 Å². The van der Waals surface area contributed by atoms with E-state index >= 15 is 0 Å². The van der Waals surface area contributed by atoms with Gasteiger partial charge in [-0.2, -0.15) is 4.39 Å². The van der Waals surface area contributed by atoms with Crippen molar-refractivity contribution >= 4 is 40.6 Å². The Labute approximate surface area is 203 Å². The van der Waals surface area contributed by atoms with Gasteiger partial charge in [0.25, 0.3) is 0 Å². The van der Waals surface area contributed by atoms with Crippen molar-refractivity contribution in [2.45, 2.75) is 11.7 Å². The van der Waals surface area contributed by atoms with Crippen LogP contribution in [-0.2, 0) is 16.1 Å². The maximum atomic E-state index is 13.5. The molecule has 1 N–H and O–H groups in total. The molecule has 0 saturated carbocycles. The van der Waals surface area contributed by atoms with Crippen LogP contribution in [0.5, 0.6) is 0 Å². The summed E-state index contributed by atoms with van der Waals surface area (Å²) in [6.07, 6.45) is 0. The zero-order valence-electron chi connectivity index (χ0n) is 17.8. The van der Waals surface area contributed by atoms with E-state index in [0.29, 0.717) is 35.8 Å². The number of aromatic nitrogens is 3. The minimum absolute atomic E-state index is 0.0333. The summed E-state index contributed by atoms with van der Waals surface area (Å²) < 4.78 is 20.8. The van der Waals surface area contributed by atoms with Crippen LogP contribution in [0.4, 0.5) is 15.8 Å². The third kappa shape index (κ3) is 5.89. The lowest BCUT2D eigenvalue weighted by Gasteiger charge is -2.26. The SMILES string of the molecule is O=C(CSc1nnc(CN2CCOCC2)n1-c1ccc(Cl)cc1)Nc1ccc(F)c([N+](=O)[O-])c1. The van der Waals surface area contributed by atoms with Gasteiger partial charge in [-0.15, -0.1) is 10.2 Å². The minimum atomic E-state index is -0.971. The fourth-order valence-corrected chi connectivity index (χ4v) is 4.26. The largest absolute Gasteiger partial charge is 0.379 e. The summed E-state index contributed by atoms with van der Waals surface area (Å²) in [4.78, 5) is 24.8. The molecule has 2 heterocycles. The van der Waals surface area contributed by atoms with Crippen LogP contribution in [0.2, 0.25) is 5.02 Å². The molecule has 0 atom stereocenters. The Morgan fingerprint density at radius 1 is 1.21 bits per heavy atom. The third-order valence-electron chi connectivity index (χ3n) is 5.01. The van der Waals surface area contributed by atoms with Crippen LogP contribution in [-0.4, -0.2) is 62.6 Å². The smallest absolute Gasteiger partial charge is 0.306 e. The van der Waals surface area contributed by atoms with Gasteiger partial charge in [0.05, 0.1) is 30.4 Å². The predicted molar refractivity (Wildman–Crippen MR) is 125 cm³/mol. The number of halogens is 2. The molecule has 0 spiro atoms. The number of rotatable bonds is 8. The summed E-state index contributed by atoms with van der Waals surface area (Å²) in [5.74, 6) is -0.720. The number of nitro groups is 1. The summed E-state index contributed by atoms with van der Waals surface area (Å²) in [5.41, 5.74) is 0.223. The van der Waals surface area contributed by atoms with Crippen LogP contribution in [0, 0.1) is 15.9 Å². The van der Waals surface area contributed by atoms with Gasteiger partial charge in [0, 0.05) is 35.6 Å².